The van der Waals surface area contributed by atoms with E-state index in [-0.39, 0.29) is 35.8 Å². The van der Waals surface area contributed by atoms with E-state index in [4.69, 9.17) is 10.2 Å². The fourth-order valence-corrected chi connectivity index (χ4v) is 4.81. The molecule has 1 fully saturated rings. The molecule has 0 bridgehead atoms. The lowest BCUT2D eigenvalue weighted by Crippen LogP contribution is -2.38. The smallest absolute Gasteiger partial charge is 0.258 e. The van der Waals surface area contributed by atoms with Gasteiger partial charge in [0.1, 0.15) is 12.0 Å². The Hall–Kier alpha value is -1.87. The number of nitrogens with two attached hydrogens (primary N) is 1. The monoisotopic (exact) mass is 427 g/mol. The van der Waals surface area contributed by atoms with Crippen LogP contribution >= 0.6 is 12.4 Å². The summed E-state index contributed by atoms with van der Waals surface area (Å²) in [7, 11) is -1.98. The lowest BCUT2D eigenvalue weighted by atomic mass is 9.96. The van der Waals surface area contributed by atoms with Crippen molar-refractivity contribution in [1.82, 2.24) is 4.31 Å². The molecule has 1 aromatic carbocycles. The summed E-state index contributed by atoms with van der Waals surface area (Å²) in [5.74, 6) is 0.124. The van der Waals surface area contributed by atoms with E-state index < -0.39 is 10.0 Å². The number of sulfonamides is 1. The van der Waals surface area contributed by atoms with Crippen LogP contribution < -0.4 is 11.1 Å². The summed E-state index contributed by atoms with van der Waals surface area (Å²) < 4.78 is 32.6. The molecule has 0 unspecified atom stereocenters. The number of rotatable bonds is 6. The van der Waals surface area contributed by atoms with Crippen molar-refractivity contribution < 1.29 is 17.6 Å². The Balaban J connectivity index is 0.00000280. The summed E-state index contributed by atoms with van der Waals surface area (Å²) in [6.07, 6.45) is 6.36. The van der Waals surface area contributed by atoms with Crippen molar-refractivity contribution in [2.24, 2.45) is 5.73 Å². The molecule has 0 atom stereocenters. The highest BCUT2D eigenvalue weighted by atomic mass is 35.5. The molecule has 0 radical (unpaired) electrons. The summed E-state index contributed by atoms with van der Waals surface area (Å²) in [6.45, 7) is 0.203. The number of amides is 1. The molecule has 0 saturated heterocycles. The van der Waals surface area contributed by atoms with E-state index in [2.05, 4.69) is 5.32 Å². The fourth-order valence-electron chi connectivity index (χ4n) is 3.35. The third-order valence-electron chi connectivity index (χ3n) is 4.97. The lowest BCUT2D eigenvalue weighted by Gasteiger charge is -2.30. The van der Waals surface area contributed by atoms with Gasteiger partial charge in [0.2, 0.25) is 10.0 Å². The number of benzene rings is 1. The molecule has 28 heavy (non-hydrogen) atoms. The molecule has 7 nitrogen and oxygen atoms in total. The van der Waals surface area contributed by atoms with E-state index in [1.807, 2.05) is 0 Å². The topological polar surface area (TPSA) is 106 Å². The average Bonchev–Trinajstić information content (AvgIpc) is 3.18. The molecular formula is C19H26ClN3O4S. The molecule has 1 amide bonds. The van der Waals surface area contributed by atoms with Gasteiger partial charge in [-0.1, -0.05) is 25.3 Å². The zero-order valence-electron chi connectivity index (χ0n) is 15.8. The van der Waals surface area contributed by atoms with Gasteiger partial charge in [-0.3, -0.25) is 4.79 Å². The van der Waals surface area contributed by atoms with Crippen LogP contribution in [-0.2, 0) is 16.6 Å². The van der Waals surface area contributed by atoms with E-state index in [9.17, 15) is 13.2 Å². The Morgan fingerprint density at radius 1 is 1.25 bits per heavy atom. The zero-order valence-corrected chi connectivity index (χ0v) is 17.4. The highest BCUT2D eigenvalue weighted by molar-refractivity contribution is 7.89. The molecule has 1 heterocycles. The van der Waals surface area contributed by atoms with Gasteiger partial charge in [0.15, 0.2) is 0 Å². The van der Waals surface area contributed by atoms with E-state index in [1.165, 1.54) is 16.6 Å². The second-order valence-electron chi connectivity index (χ2n) is 6.80. The van der Waals surface area contributed by atoms with Crippen LogP contribution in [0.2, 0.25) is 0 Å². The van der Waals surface area contributed by atoms with Crippen molar-refractivity contribution in [2.45, 2.75) is 49.6 Å². The van der Waals surface area contributed by atoms with Gasteiger partial charge in [-0.05, 0) is 37.1 Å². The van der Waals surface area contributed by atoms with Crippen molar-refractivity contribution in [2.75, 3.05) is 12.4 Å². The number of anilines is 1. The molecule has 1 aliphatic rings. The summed E-state index contributed by atoms with van der Waals surface area (Å²) in [5, 5.41) is 2.70. The molecule has 9 heteroatoms. The number of hydrogen-bond acceptors (Lipinski definition) is 5. The van der Waals surface area contributed by atoms with Crippen LogP contribution in [0.3, 0.4) is 0 Å². The largest absolute Gasteiger partial charge is 0.467 e. The third-order valence-corrected chi connectivity index (χ3v) is 6.88. The number of nitrogens with zero attached hydrogens (tertiary/aromatic N) is 1. The van der Waals surface area contributed by atoms with Crippen molar-refractivity contribution in [3.8, 4) is 0 Å². The van der Waals surface area contributed by atoms with Crippen molar-refractivity contribution in [3.05, 3.63) is 47.9 Å². The number of halogens is 1. The Morgan fingerprint density at radius 2 is 1.96 bits per heavy atom. The first-order valence-electron chi connectivity index (χ1n) is 9.09. The van der Waals surface area contributed by atoms with Crippen LogP contribution in [-0.4, -0.2) is 31.7 Å². The Labute approximate surface area is 171 Å². The minimum atomic E-state index is -3.61. The van der Waals surface area contributed by atoms with Gasteiger partial charge in [-0.15, -0.1) is 12.4 Å². The zero-order chi connectivity index (χ0) is 19.4. The highest BCUT2D eigenvalue weighted by Crippen LogP contribution is 2.27. The first-order valence-corrected chi connectivity index (χ1v) is 10.5. The van der Waals surface area contributed by atoms with E-state index in [0.717, 1.165) is 32.1 Å². The normalized spacial score (nSPS) is 15.2. The SMILES string of the molecule is CN(C1CCCCC1)S(=O)(=O)c1cccc(NC(=O)c2coc(CN)c2)c1.Cl. The van der Waals surface area contributed by atoms with Gasteiger partial charge in [0, 0.05) is 18.8 Å². The van der Waals surface area contributed by atoms with Gasteiger partial charge >= 0.3 is 0 Å². The third kappa shape index (κ3) is 4.94. The second kappa shape index (κ2) is 9.56. The maximum absolute atomic E-state index is 13.0. The quantitative estimate of drug-likeness (QED) is 0.735. The minimum Gasteiger partial charge on any atom is -0.467 e. The van der Waals surface area contributed by atoms with Gasteiger partial charge < -0.3 is 15.5 Å². The maximum atomic E-state index is 13.0. The lowest BCUT2D eigenvalue weighted by molar-refractivity contribution is 0.102. The molecule has 3 N–H and O–H groups in total. The Morgan fingerprint density at radius 3 is 2.61 bits per heavy atom. The van der Waals surface area contributed by atoms with Crippen LogP contribution in [0.1, 0.15) is 48.2 Å². The molecule has 0 spiro atoms. The van der Waals surface area contributed by atoms with Crippen LogP contribution in [0.25, 0.3) is 0 Å². The summed E-state index contributed by atoms with van der Waals surface area (Å²) >= 11 is 0. The Kier molecular flexibility index (Phi) is 7.65. The molecule has 0 aliphatic heterocycles. The molecule has 3 rings (SSSR count). The van der Waals surface area contributed by atoms with Gasteiger partial charge in [-0.25, -0.2) is 8.42 Å². The number of hydrogen-bond donors (Lipinski definition) is 2. The van der Waals surface area contributed by atoms with E-state index in [0.29, 0.717) is 17.0 Å². The predicted octanol–water partition coefficient (Wildman–Crippen LogP) is 3.37. The summed E-state index contributed by atoms with van der Waals surface area (Å²) in [4.78, 5) is 12.5. The second-order valence-corrected chi connectivity index (χ2v) is 8.80. The summed E-state index contributed by atoms with van der Waals surface area (Å²) in [6, 6.07) is 7.90. The molecule has 1 saturated carbocycles. The molecule has 154 valence electrons. The minimum absolute atomic E-state index is 0. The number of carbonyl (C=O) groups is 1. The van der Waals surface area contributed by atoms with Crippen LogP contribution in [0.15, 0.2) is 45.9 Å². The maximum Gasteiger partial charge on any atom is 0.258 e. The van der Waals surface area contributed by atoms with Crippen molar-refractivity contribution >= 4 is 34.0 Å². The molecule has 1 aromatic heterocycles. The number of furan rings is 1. The van der Waals surface area contributed by atoms with Crippen LogP contribution in [0.4, 0.5) is 5.69 Å². The highest BCUT2D eigenvalue weighted by Gasteiger charge is 2.29. The number of nitrogens with one attached hydrogen (secondary N) is 1. The van der Waals surface area contributed by atoms with Crippen molar-refractivity contribution in [3.63, 3.8) is 0 Å². The first-order chi connectivity index (χ1) is 12.9. The van der Waals surface area contributed by atoms with Gasteiger partial charge in [-0.2, -0.15) is 4.31 Å². The molecule has 1 aliphatic carbocycles. The Bertz CT molecular complexity index is 907. The molecule has 2 aromatic rings. The standard InChI is InChI=1S/C19H25N3O4S.ClH/c1-22(16-7-3-2-4-8-16)27(24,25)18-9-5-6-15(11-18)21-19(23)14-10-17(12-20)26-13-14;/h5-6,9-11,13,16H,2-4,7-8,12,20H2,1H3,(H,21,23);1H. The van der Waals surface area contributed by atoms with Gasteiger partial charge in [0.25, 0.3) is 5.91 Å². The van der Waals surface area contributed by atoms with Crippen LogP contribution in [0.5, 0.6) is 0 Å². The average molecular weight is 428 g/mol. The number of carbonyl (C=O) groups excluding carboxylic acids is 1. The summed E-state index contributed by atoms with van der Waals surface area (Å²) in [5.41, 5.74) is 6.22. The predicted molar refractivity (Wildman–Crippen MR) is 110 cm³/mol. The van der Waals surface area contributed by atoms with Crippen LogP contribution in [0, 0.1) is 0 Å². The van der Waals surface area contributed by atoms with Gasteiger partial charge in [0.05, 0.1) is 17.0 Å². The van der Waals surface area contributed by atoms with E-state index in [1.54, 1.807) is 31.3 Å². The van der Waals surface area contributed by atoms with E-state index >= 15 is 0 Å². The molecular weight excluding hydrogens is 402 g/mol. The fraction of sp³-hybridized carbons (Fsp3) is 0.421. The first kappa shape index (κ1) is 22.4. The van der Waals surface area contributed by atoms with Crippen molar-refractivity contribution in [1.29, 1.82) is 0 Å².